The smallest absolute Gasteiger partial charge is 0.246 e. The van der Waals surface area contributed by atoms with Crippen molar-refractivity contribution in [1.82, 2.24) is 19.0 Å². The Morgan fingerprint density at radius 3 is 2.25 bits per heavy atom. The SMILES string of the molecule is CCN1C[C@@H](C)N(S(=O)(=O)c2cnn(CC)c2)[C@@H](C)C1. The molecule has 0 amide bonds. The van der Waals surface area contributed by atoms with Gasteiger partial charge >= 0.3 is 0 Å². The summed E-state index contributed by atoms with van der Waals surface area (Å²) in [6.07, 6.45) is 3.06. The number of likely N-dealkylation sites (N-methyl/N-ethyl adjacent to an activating group) is 1. The Balaban J connectivity index is 2.29. The van der Waals surface area contributed by atoms with E-state index in [1.165, 1.54) is 6.20 Å². The lowest BCUT2D eigenvalue weighted by Gasteiger charge is -2.42. The quantitative estimate of drug-likeness (QED) is 0.832. The monoisotopic (exact) mass is 300 g/mol. The number of aryl methyl sites for hydroxylation is 1. The molecular weight excluding hydrogens is 276 g/mol. The molecule has 0 aromatic carbocycles. The number of piperazine rings is 1. The second kappa shape index (κ2) is 5.83. The molecule has 2 rings (SSSR count). The Labute approximate surface area is 121 Å². The third kappa shape index (κ3) is 2.75. The fraction of sp³-hybridized carbons (Fsp3) is 0.769. The van der Waals surface area contributed by atoms with Crippen LogP contribution in [0.25, 0.3) is 0 Å². The highest BCUT2D eigenvalue weighted by Crippen LogP contribution is 2.24. The second-order valence-corrected chi connectivity index (χ2v) is 7.26. The summed E-state index contributed by atoms with van der Waals surface area (Å²) in [7, 11) is -3.46. The van der Waals surface area contributed by atoms with E-state index in [2.05, 4.69) is 16.9 Å². The minimum Gasteiger partial charge on any atom is -0.300 e. The van der Waals surface area contributed by atoms with Gasteiger partial charge in [0, 0.05) is 37.9 Å². The zero-order chi connectivity index (χ0) is 14.9. The molecule has 7 heteroatoms. The van der Waals surface area contributed by atoms with Crippen LogP contribution in [0.15, 0.2) is 17.3 Å². The maximum absolute atomic E-state index is 12.8. The molecule has 1 saturated heterocycles. The Kier molecular flexibility index (Phi) is 4.51. The van der Waals surface area contributed by atoms with Crippen molar-refractivity contribution in [2.45, 2.75) is 51.2 Å². The van der Waals surface area contributed by atoms with Crippen LogP contribution in [0.4, 0.5) is 0 Å². The summed E-state index contributed by atoms with van der Waals surface area (Å²) < 4.78 is 28.9. The highest BCUT2D eigenvalue weighted by atomic mass is 32.2. The largest absolute Gasteiger partial charge is 0.300 e. The molecule has 0 spiro atoms. The van der Waals surface area contributed by atoms with Gasteiger partial charge in [0.2, 0.25) is 10.0 Å². The summed E-state index contributed by atoms with van der Waals surface area (Å²) in [5, 5.41) is 4.08. The Hall–Kier alpha value is -0.920. The standard InChI is InChI=1S/C13H24N4O2S/c1-5-15-8-11(3)17(12(4)9-15)20(18,19)13-7-14-16(6-2)10-13/h7,10-12H,5-6,8-9H2,1-4H3/t11-,12+. The molecule has 0 radical (unpaired) electrons. The van der Waals surface area contributed by atoms with E-state index in [0.717, 1.165) is 19.6 Å². The van der Waals surface area contributed by atoms with Gasteiger partial charge in [-0.25, -0.2) is 8.42 Å². The molecule has 0 bridgehead atoms. The van der Waals surface area contributed by atoms with Crippen molar-refractivity contribution in [1.29, 1.82) is 0 Å². The average molecular weight is 300 g/mol. The molecular formula is C13H24N4O2S. The van der Waals surface area contributed by atoms with Gasteiger partial charge in [-0.05, 0) is 27.3 Å². The lowest BCUT2D eigenvalue weighted by molar-refractivity contribution is 0.106. The van der Waals surface area contributed by atoms with E-state index in [0.29, 0.717) is 11.4 Å². The lowest BCUT2D eigenvalue weighted by atomic mass is 10.1. The maximum atomic E-state index is 12.8. The van der Waals surface area contributed by atoms with E-state index in [-0.39, 0.29) is 12.1 Å². The second-order valence-electron chi connectivity index (χ2n) is 5.42. The van der Waals surface area contributed by atoms with Crippen LogP contribution in [0.5, 0.6) is 0 Å². The van der Waals surface area contributed by atoms with Crippen molar-refractivity contribution in [3.63, 3.8) is 0 Å². The molecule has 1 fully saturated rings. The summed E-state index contributed by atoms with van der Waals surface area (Å²) in [5.74, 6) is 0. The number of rotatable bonds is 4. The predicted molar refractivity (Wildman–Crippen MR) is 78.0 cm³/mol. The molecule has 1 aromatic rings. The van der Waals surface area contributed by atoms with Gasteiger partial charge in [0.25, 0.3) is 0 Å². The first-order valence-electron chi connectivity index (χ1n) is 7.18. The topological polar surface area (TPSA) is 58.4 Å². The van der Waals surface area contributed by atoms with Crippen LogP contribution in [0.2, 0.25) is 0 Å². The van der Waals surface area contributed by atoms with Crippen molar-refractivity contribution in [2.24, 2.45) is 0 Å². The third-order valence-corrected chi connectivity index (χ3v) is 5.95. The lowest BCUT2D eigenvalue weighted by Crippen LogP contribution is -2.58. The van der Waals surface area contributed by atoms with Crippen molar-refractivity contribution >= 4 is 10.0 Å². The van der Waals surface area contributed by atoms with E-state index in [1.54, 1.807) is 15.2 Å². The first-order chi connectivity index (χ1) is 9.40. The molecule has 20 heavy (non-hydrogen) atoms. The summed E-state index contributed by atoms with van der Waals surface area (Å²) >= 11 is 0. The van der Waals surface area contributed by atoms with Crippen molar-refractivity contribution in [2.75, 3.05) is 19.6 Å². The summed E-state index contributed by atoms with van der Waals surface area (Å²) in [6, 6.07) is -0.0395. The predicted octanol–water partition coefficient (Wildman–Crippen LogP) is 1.01. The van der Waals surface area contributed by atoms with Crippen LogP contribution in [0.1, 0.15) is 27.7 Å². The number of nitrogens with zero attached hydrogens (tertiary/aromatic N) is 4. The van der Waals surface area contributed by atoms with Crippen LogP contribution in [-0.2, 0) is 16.6 Å². The molecule has 2 heterocycles. The van der Waals surface area contributed by atoms with Crippen LogP contribution in [0, 0.1) is 0 Å². The number of hydrogen-bond acceptors (Lipinski definition) is 4. The highest BCUT2D eigenvalue weighted by molar-refractivity contribution is 7.89. The maximum Gasteiger partial charge on any atom is 0.246 e. The van der Waals surface area contributed by atoms with Gasteiger partial charge in [-0.2, -0.15) is 9.40 Å². The van der Waals surface area contributed by atoms with E-state index < -0.39 is 10.0 Å². The van der Waals surface area contributed by atoms with Crippen LogP contribution in [-0.4, -0.2) is 59.1 Å². The molecule has 0 saturated carbocycles. The van der Waals surface area contributed by atoms with Crippen molar-refractivity contribution < 1.29 is 8.42 Å². The van der Waals surface area contributed by atoms with E-state index in [9.17, 15) is 8.42 Å². The zero-order valence-electron chi connectivity index (χ0n) is 12.7. The van der Waals surface area contributed by atoms with Gasteiger partial charge < -0.3 is 4.90 Å². The minimum absolute atomic E-state index is 0.0197. The molecule has 1 aliphatic heterocycles. The number of sulfonamides is 1. The van der Waals surface area contributed by atoms with E-state index >= 15 is 0 Å². The third-order valence-electron chi connectivity index (χ3n) is 3.87. The van der Waals surface area contributed by atoms with Gasteiger partial charge in [-0.3, -0.25) is 4.68 Å². The van der Waals surface area contributed by atoms with Crippen LogP contribution in [0.3, 0.4) is 0 Å². The molecule has 0 aliphatic carbocycles. The zero-order valence-corrected chi connectivity index (χ0v) is 13.5. The summed E-state index contributed by atoms with van der Waals surface area (Å²) in [6.45, 7) is 11.2. The van der Waals surface area contributed by atoms with Crippen molar-refractivity contribution in [3.8, 4) is 0 Å². The van der Waals surface area contributed by atoms with E-state index in [4.69, 9.17) is 0 Å². The van der Waals surface area contributed by atoms with Gasteiger partial charge in [0.15, 0.2) is 0 Å². The molecule has 1 aromatic heterocycles. The van der Waals surface area contributed by atoms with E-state index in [1.807, 2.05) is 20.8 Å². The van der Waals surface area contributed by atoms with Crippen molar-refractivity contribution in [3.05, 3.63) is 12.4 Å². The molecule has 0 unspecified atom stereocenters. The van der Waals surface area contributed by atoms with Crippen LogP contribution < -0.4 is 0 Å². The first kappa shape index (κ1) is 15.5. The van der Waals surface area contributed by atoms with Gasteiger partial charge in [-0.15, -0.1) is 0 Å². The normalized spacial score (nSPS) is 26.0. The molecule has 2 atom stereocenters. The Morgan fingerprint density at radius 1 is 1.20 bits per heavy atom. The van der Waals surface area contributed by atoms with Gasteiger partial charge in [0.05, 0.1) is 6.20 Å². The van der Waals surface area contributed by atoms with Gasteiger partial charge in [-0.1, -0.05) is 6.92 Å². The highest BCUT2D eigenvalue weighted by Gasteiger charge is 2.38. The molecule has 6 nitrogen and oxygen atoms in total. The van der Waals surface area contributed by atoms with Crippen LogP contribution >= 0.6 is 0 Å². The number of hydrogen-bond donors (Lipinski definition) is 0. The summed E-state index contributed by atoms with van der Waals surface area (Å²) in [4.78, 5) is 2.58. The van der Waals surface area contributed by atoms with Gasteiger partial charge in [0.1, 0.15) is 4.90 Å². The molecule has 0 N–H and O–H groups in total. The Bertz CT molecular complexity index is 542. The minimum atomic E-state index is -3.46. The Morgan fingerprint density at radius 2 is 1.80 bits per heavy atom. The average Bonchev–Trinajstić information content (AvgIpc) is 2.86. The first-order valence-corrected chi connectivity index (χ1v) is 8.62. The fourth-order valence-electron chi connectivity index (χ4n) is 2.92. The summed E-state index contributed by atoms with van der Waals surface area (Å²) in [5.41, 5.74) is 0. The molecule has 1 aliphatic rings. The fourth-order valence-corrected chi connectivity index (χ4v) is 4.68. The molecule has 114 valence electrons. The number of aromatic nitrogens is 2.